The lowest BCUT2D eigenvalue weighted by Gasteiger charge is -2.11. The van der Waals surface area contributed by atoms with Gasteiger partial charge in [0.25, 0.3) is 5.91 Å². The van der Waals surface area contributed by atoms with E-state index >= 15 is 0 Å². The molecule has 8 heteroatoms. The molecule has 3 N–H and O–H groups in total. The SMILES string of the molecule is CCOc1ccccc1NC(=O)COC(=O)c1c(C)noc1N. The first-order chi connectivity index (χ1) is 11.0. The van der Waals surface area contributed by atoms with Crippen LogP contribution in [0.3, 0.4) is 0 Å². The van der Waals surface area contributed by atoms with Crippen LogP contribution in [0.5, 0.6) is 5.75 Å². The summed E-state index contributed by atoms with van der Waals surface area (Å²) in [7, 11) is 0. The quantitative estimate of drug-likeness (QED) is 0.779. The van der Waals surface area contributed by atoms with Crippen LogP contribution in [0.2, 0.25) is 0 Å². The Morgan fingerprint density at radius 1 is 1.35 bits per heavy atom. The minimum atomic E-state index is -0.769. The first-order valence-electron chi connectivity index (χ1n) is 6.93. The first kappa shape index (κ1) is 16.3. The third-order valence-corrected chi connectivity index (χ3v) is 2.89. The van der Waals surface area contributed by atoms with Gasteiger partial charge in [-0.2, -0.15) is 0 Å². The maximum absolute atomic E-state index is 11.9. The molecule has 122 valence electrons. The number of nitrogen functional groups attached to an aromatic ring is 1. The summed E-state index contributed by atoms with van der Waals surface area (Å²) in [6.07, 6.45) is 0. The summed E-state index contributed by atoms with van der Waals surface area (Å²) in [5.41, 5.74) is 6.30. The standard InChI is InChI=1S/C15H17N3O5/c1-3-21-11-7-5-4-6-10(11)17-12(19)8-22-15(20)13-9(2)18-23-14(13)16/h4-7H,3,8,16H2,1-2H3,(H,17,19). The number of nitrogens with zero attached hydrogens (tertiary/aromatic N) is 1. The number of aryl methyl sites for hydroxylation is 1. The zero-order valence-electron chi connectivity index (χ0n) is 12.8. The van der Waals surface area contributed by atoms with Crippen LogP contribution >= 0.6 is 0 Å². The number of nitrogens with one attached hydrogen (secondary N) is 1. The van der Waals surface area contributed by atoms with Gasteiger partial charge >= 0.3 is 5.97 Å². The zero-order valence-corrected chi connectivity index (χ0v) is 12.8. The molecule has 1 aromatic carbocycles. The van der Waals surface area contributed by atoms with Gasteiger partial charge in [-0.15, -0.1) is 0 Å². The number of hydrogen-bond acceptors (Lipinski definition) is 7. The largest absolute Gasteiger partial charge is 0.492 e. The van der Waals surface area contributed by atoms with E-state index in [2.05, 4.69) is 15.0 Å². The lowest BCUT2D eigenvalue weighted by molar-refractivity contribution is -0.119. The van der Waals surface area contributed by atoms with Crippen LogP contribution in [-0.4, -0.2) is 30.2 Å². The summed E-state index contributed by atoms with van der Waals surface area (Å²) >= 11 is 0. The second-order valence-corrected chi connectivity index (χ2v) is 4.56. The molecule has 0 aliphatic heterocycles. The molecule has 2 aromatic rings. The molecule has 1 heterocycles. The number of anilines is 2. The van der Waals surface area contributed by atoms with E-state index in [9.17, 15) is 9.59 Å². The molecule has 1 aromatic heterocycles. The van der Waals surface area contributed by atoms with Crippen LogP contribution in [-0.2, 0) is 9.53 Å². The number of benzene rings is 1. The maximum atomic E-state index is 11.9. The Balaban J connectivity index is 1.94. The Kier molecular flexibility index (Phi) is 5.19. The number of carbonyl (C=O) groups is 2. The van der Waals surface area contributed by atoms with Crippen LogP contribution in [0, 0.1) is 6.92 Å². The fraction of sp³-hybridized carbons (Fsp3) is 0.267. The fourth-order valence-electron chi connectivity index (χ4n) is 1.88. The summed E-state index contributed by atoms with van der Waals surface area (Å²) in [5, 5.41) is 6.16. The van der Waals surface area contributed by atoms with Crippen molar-refractivity contribution in [1.29, 1.82) is 0 Å². The number of aromatic nitrogens is 1. The van der Waals surface area contributed by atoms with Crippen molar-refractivity contribution < 1.29 is 23.6 Å². The van der Waals surface area contributed by atoms with E-state index in [1.54, 1.807) is 31.2 Å². The van der Waals surface area contributed by atoms with E-state index in [1.807, 2.05) is 6.92 Å². The Labute approximate surface area is 132 Å². The van der Waals surface area contributed by atoms with Crippen LogP contribution in [0.15, 0.2) is 28.8 Å². The Bertz CT molecular complexity index is 691. The fourth-order valence-corrected chi connectivity index (χ4v) is 1.88. The molecule has 1 amide bonds. The minimum Gasteiger partial charge on any atom is -0.492 e. The molecule has 0 aliphatic carbocycles. The van der Waals surface area contributed by atoms with Gasteiger partial charge in [-0.1, -0.05) is 17.3 Å². The van der Waals surface area contributed by atoms with Gasteiger partial charge in [-0.05, 0) is 26.0 Å². The Hall–Kier alpha value is -3.03. The molecule has 0 aliphatic rings. The van der Waals surface area contributed by atoms with Gasteiger partial charge in [0.15, 0.2) is 6.61 Å². The van der Waals surface area contributed by atoms with E-state index in [1.165, 1.54) is 0 Å². The molecule has 0 fully saturated rings. The highest BCUT2D eigenvalue weighted by Gasteiger charge is 2.21. The van der Waals surface area contributed by atoms with Crippen LogP contribution < -0.4 is 15.8 Å². The lowest BCUT2D eigenvalue weighted by atomic mass is 10.2. The summed E-state index contributed by atoms with van der Waals surface area (Å²) in [4.78, 5) is 23.8. The third-order valence-electron chi connectivity index (χ3n) is 2.89. The predicted octanol–water partition coefficient (Wildman–Crippen LogP) is 1.76. The normalized spacial score (nSPS) is 10.2. The summed E-state index contributed by atoms with van der Waals surface area (Å²) < 4.78 is 15.0. The van der Waals surface area contributed by atoms with Crippen molar-refractivity contribution in [2.24, 2.45) is 0 Å². The predicted molar refractivity (Wildman–Crippen MR) is 82.2 cm³/mol. The first-order valence-corrected chi connectivity index (χ1v) is 6.93. The number of hydrogen-bond donors (Lipinski definition) is 2. The molecular weight excluding hydrogens is 302 g/mol. The van der Waals surface area contributed by atoms with Gasteiger partial charge in [-0.25, -0.2) is 4.79 Å². The van der Waals surface area contributed by atoms with Crippen molar-refractivity contribution >= 4 is 23.4 Å². The Morgan fingerprint density at radius 3 is 2.74 bits per heavy atom. The average molecular weight is 319 g/mol. The number of nitrogens with two attached hydrogens (primary N) is 1. The number of ether oxygens (including phenoxy) is 2. The second-order valence-electron chi connectivity index (χ2n) is 4.56. The van der Waals surface area contributed by atoms with Crippen molar-refractivity contribution in [2.45, 2.75) is 13.8 Å². The number of esters is 1. The number of amides is 1. The maximum Gasteiger partial charge on any atom is 0.346 e. The number of para-hydroxylation sites is 2. The van der Waals surface area contributed by atoms with Gasteiger partial charge in [0, 0.05) is 0 Å². The highest BCUT2D eigenvalue weighted by Crippen LogP contribution is 2.23. The monoisotopic (exact) mass is 319 g/mol. The van der Waals surface area contributed by atoms with Gasteiger partial charge < -0.3 is 25.0 Å². The average Bonchev–Trinajstić information content (AvgIpc) is 2.86. The van der Waals surface area contributed by atoms with E-state index in [-0.39, 0.29) is 11.4 Å². The summed E-state index contributed by atoms with van der Waals surface area (Å²) in [6.45, 7) is 3.39. The third kappa shape index (κ3) is 4.00. The highest BCUT2D eigenvalue weighted by molar-refractivity contribution is 5.98. The molecule has 0 saturated heterocycles. The van der Waals surface area contributed by atoms with Gasteiger partial charge in [-0.3, -0.25) is 4.79 Å². The topological polar surface area (TPSA) is 117 Å². The second kappa shape index (κ2) is 7.30. The van der Waals surface area contributed by atoms with Crippen LogP contribution in [0.25, 0.3) is 0 Å². The highest BCUT2D eigenvalue weighted by atomic mass is 16.5. The molecule has 2 rings (SSSR count). The Morgan fingerprint density at radius 2 is 2.09 bits per heavy atom. The summed E-state index contributed by atoms with van der Waals surface area (Å²) in [5.74, 6) is -0.879. The lowest BCUT2D eigenvalue weighted by Crippen LogP contribution is -2.21. The van der Waals surface area contributed by atoms with Crippen molar-refractivity contribution in [3.63, 3.8) is 0 Å². The van der Waals surface area contributed by atoms with Crippen LogP contribution in [0.1, 0.15) is 23.0 Å². The van der Waals surface area contributed by atoms with Crippen molar-refractivity contribution in [3.05, 3.63) is 35.5 Å². The minimum absolute atomic E-state index is 0.0208. The molecule has 0 spiro atoms. The molecule has 0 atom stereocenters. The van der Waals surface area contributed by atoms with E-state index < -0.39 is 18.5 Å². The molecular formula is C15H17N3O5. The van der Waals surface area contributed by atoms with E-state index in [4.69, 9.17) is 15.2 Å². The van der Waals surface area contributed by atoms with Gasteiger partial charge in [0.2, 0.25) is 5.88 Å². The van der Waals surface area contributed by atoms with E-state index in [0.29, 0.717) is 23.7 Å². The number of carbonyl (C=O) groups excluding carboxylic acids is 2. The molecule has 23 heavy (non-hydrogen) atoms. The number of rotatable bonds is 6. The zero-order chi connectivity index (χ0) is 16.8. The molecule has 8 nitrogen and oxygen atoms in total. The van der Waals surface area contributed by atoms with E-state index in [0.717, 1.165) is 0 Å². The van der Waals surface area contributed by atoms with Crippen molar-refractivity contribution in [1.82, 2.24) is 5.16 Å². The van der Waals surface area contributed by atoms with Crippen LogP contribution in [0.4, 0.5) is 11.6 Å². The summed E-state index contributed by atoms with van der Waals surface area (Å²) in [6, 6.07) is 6.96. The van der Waals surface area contributed by atoms with Gasteiger partial charge in [0.1, 0.15) is 11.3 Å². The molecule has 0 bridgehead atoms. The molecule has 0 radical (unpaired) electrons. The van der Waals surface area contributed by atoms with Crippen molar-refractivity contribution in [3.8, 4) is 5.75 Å². The smallest absolute Gasteiger partial charge is 0.346 e. The molecule has 0 unspecified atom stereocenters. The van der Waals surface area contributed by atoms with Gasteiger partial charge in [0.05, 0.1) is 18.0 Å². The molecule has 0 saturated carbocycles. The van der Waals surface area contributed by atoms with Crippen molar-refractivity contribution in [2.75, 3.05) is 24.3 Å².